The first kappa shape index (κ1) is 19.5. The number of carbonyl (C=O) groups excluding carboxylic acids is 2. The first-order chi connectivity index (χ1) is 13.5. The first-order valence-electron chi connectivity index (χ1n) is 9.15. The lowest BCUT2D eigenvalue weighted by atomic mass is 10.1. The first-order valence-corrected chi connectivity index (χ1v) is 9.15. The summed E-state index contributed by atoms with van der Waals surface area (Å²) < 4.78 is 16.4. The van der Waals surface area contributed by atoms with E-state index in [2.05, 4.69) is 10.6 Å². The monoisotopic (exact) mass is 384 g/mol. The van der Waals surface area contributed by atoms with Crippen LogP contribution in [0.2, 0.25) is 0 Å². The number of anilines is 2. The second-order valence-electron chi connectivity index (χ2n) is 6.88. The van der Waals surface area contributed by atoms with E-state index in [0.29, 0.717) is 59.7 Å². The van der Waals surface area contributed by atoms with Crippen molar-refractivity contribution in [3.8, 4) is 17.2 Å². The highest BCUT2D eigenvalue weighted by molar-refractivity contribution is 6.05. The van der Waals surface area contributed by atoms with E-state index in [1.807, 2.05) is 13.8 Å². The fraction of sp³-hybridized carbons (Fsp3) is 0.333. The molecule has 0 aliphatic carbocycles. The lowest BCUT2D eigenvalue weighted by Gasteiger charge is -2.21. The molecule has 0 radical (unpaired) electrons. The molecule has 2 aromatic carbocycles. The van der Waals surface area contributed by atoms with Gasteiger partial charge in [0.2, 0.25) is 11.7 Å². The molecule has 0 fully saturated rings. The van der Waals surface area contributed by atoms with Gasteiger partial charge in [0.15, 0.2) is 11.5 Å². The van der Waals surface area contributed by atoms with E-state index in [1.165, 1.54) is 7.11 Å². The van der Waals surface area contributed by atoms with Gasteiger partial charge in [-0.2, -0.15) is 0 Å². The highest BCUT2D eigenvalue weighted by Crippen LogP contribution is 2.40. The van der Waals surface area contributed by atoms with Gasteiger partial charge in [-0.3, -0.25) is 9.59 Å². The summed E-state index contributed by atoms with van der Waals surface area (Å²) in [6, 6.07) is 10.2. The standard InChI is InChI=1S/C21H24N2O5/c1-13(2)10-19(24)22-15-4-6-16(7-5-15)23-21(25)14-11-17(26-3)20-18(12-14)27-8-9-28-20/h4-7,11-13H,8-10H2,1-3H3,(H,22,24)(H,23,25). The molecule has 0 unspecified atom stereocenters. The maximum atomic E-state index is 12.6. The van der Waals surface area contributed by atoms with Crippen molar-refractivity contribution in [3.63, 3.8) is 0 Å². The molecule has 7 nitrogen and oxygen atoms in total. The molecular formula is C21H24N2O5. The topological polar surface area (TPSA) is 85.9 Å². The zero-order chi connectivity index (χ0) is 20.1. The Labute approximate surface area is 164 Å². The summed E-state index contributed by atoms with van der Waals surface area (Å²) in [5.41, 5.74) is 1.70. The largest absolute Gasteiger partial charge is 0.493 e. The highest BCUT2D eigenvalue weighted by Gasteiger charge is 2.21. The van der Waals surface area contributed by atoms with Crippen LogP contribution in [-0.2, 0) is 4.79 Å². The predicted molar refractivity (Wildman–Crippen MR) is 106 cm³/mol. The Kier molecular flexibility index (Phi) is 6.03. The predicted octanol–water partition coefficient (Wildman–Crippen LogP) is 3.70. The van der Waals surface area contributed by atoms with Gasteiger partial charge in [0.05, 0.1) is 7.11 Å². The van der Waals surface area contributed by atoms with E-state index in [0.717, 1.165) is 0 Å². The quantitative estimate of drug-likeness (QED) is 0.793. The summed E-state index contributed by atoms with van der Waals surface area (Å²) in [4.78, 5) is 24.5. The van der Waals surface area contributed by atoms with Crippen LogP contribution in [0, 0.1) is 5.92 Å². The summed E-state index contributed by atoms with van der Waals surface area (Å²) in [5.74, 6) is 1.40. The number of carbonyl (C=O) groups is 2. The van der Waals surface area contributed by atoms with Crippen molar-refractivity contribution in [1.82, 2.24) is 0 Å². The number of nitrogens with one attached hydrogen (secondary N) is 2. The second-order valence-corrected chi connectivity index (χ2v) is 6.88. The Morgan fingerprint density at radius 1 is 1.04 bits per heavy atom. The number of hydrogen-bond acceptors (Lipinski definition) is 5. The summed E-state index contributed by atoms with van der Waals surface area (Å²) >= 11 is 0. The van der Waals surface area contributed by atoms with Gasteiger partial charge in [0.1, 0.15) is 13.2 Å². The van der Waals surface area contributed by atoms with Crippen molar-refractivity contribution in [3.05, 3.63) is 42.0 Å². The third-order valence-corrected chi connectivity index (χ3v) is 4.11. The molecule has 0 bridgehead atoms. The third-order valence-electron chi connectivity index (χ3n) is 4.11. The lowest BCUT2D eigenvalue weighted by Crippen LogP contribution is -2.18. The molecule has 1 aliphatic heterocycles. The zero-order valence-electron chi connectivity index (χ0n) is 16.2. The van der Waals surface area contributed by atoms with Gasteiger partial charge in [-0.25, -0.2) is 0 Å². The highest BCUT2D eigenvalue weighted by atomic mass is 16.6. The van der Waals surface area contributed by atoms with Gasteiger partial charge < -0.3 is 24.8 Å². The van der Waals surface area contributed by atoms with Gasteiger partial charge in [0.25, 0.3) is 5.91 Å². The average Bonchev–Trinajstić information content (AvgIpc) is 2.67. The number of rotatable bonds is 6. The van der Waals surface area contributed by atoms with Gasteiger partial charge >= 0.3 is 0 Å². The van der Waals surface area contributed by atoms with E-state index >= 15 is 0 Å². The third kappa shape index (κ3) is 4.73. The molecule has 3 rings (SSSR count). The second kappa shape index (κ2) is 8.65. The van der Waals surface area contributed by atoms with Crippen LogP contribution in [0.3, 0.4) is 0 Å². The van der Waals surface area contributed by atoms with Crippen LogP contribution in [0.15, 0.2) is 36.4 Å². The molecule has 2 N–H and O–H groups in total. The summed E-state index contributed by atoms with van der Waals surface area (Å²) in [5, 5.41) is 5.66. The van der Waals surface area contributed by atoms with Crippen LogP contribution in [0.5, 0.6) is 17.2 Å². The minimum absolute atomic E-state index is 0.0323. The minimum atomic E-state index is -0.299. The number of ether oxygens (including phenoxy) is 3. The van der Waals surface area contributed by atoms with Gasteiger partial charge in [-0.05, 0) is 42.3 Å². The van der Waals surface area contributed by atoms with E-state index < -0.39 is 0 Å². The molecule has 1 heterocycles. The van der Waals surface area contributed by atoms with Crippen LogP contribution < -0.4 is 24.8 Å². The van der Waals surface area contributed by atoms with Gasteiger partial charge in [0, 0.05) is 23.4 Å². The fourth-order valence-corrected chi connectivity index (χ4v) is 2.83. The summed E-state index contributed by atoms with van der Waals surface area (Å²) in [6.07, 6.45) is 0.463. The van der Waals surface area contributed by atoms with Crippen molar-refractivity contribution in [2.45, 2.75) is 20.3 Å². The Bertz CT molecular complexity index is 845. The Hall–Kier alpha value is -3.22. The molecule has 28 heavy (non-hydrogen) atoms. The fourth-order valence-electron chi connectivity index (χ4n) is 2.83. The SMILES string of the molecule is COc1cc(C(=O)Nc2ccc(NC(=O)CC(C)C)cc2)cc2c1OCCO2. The smallest absolute Gasteiger partial charge is 0.255 e. The molecule has 0 saturated heterocycles. The molecule has 148 valence electrons. The molecule has 1 aliphatic rings. The molecule has 0 aromatic heterocycles. The maximum Gasteiger partial charge on any atom is 0.255 e. The molecule has 2 aromatic rings. The number of amides is 2. The lowest BCUT2D eigenvalue weighted by molar-refractivity contribution is -0.116. The number of hydrogen-bond donors (Lipinski definition) is 2. The van der Waals surface area contributed by atoms with Crippen molar-refractivity contribution in [2.75, 3.05) is 31.0 Å². The van der Waals surface area contributed by atoms with Gasteiger partial charge in [-0.15, -0.1) is 0 Å². The molecule has 0 saturated carbocycles. The zero-order valence-corrected chi connectivity index (χ0v) is 16.2. The Morgan fingerprint density at radius 3 is 2.32 bits per heavy atom. The van der Waals surface area contributed by atoms with Crippen molar-refractivity contribution >= 4 is 23.2 Å². The van der Waals surface area contributed by atoms with Crippen LogP contribution >= 0.6 is 0 Å². The molecule has 7 heteroatoms. The number of benzene rings is 2. The Morgan fingerprint density at radius 2 is 1.68 bits per heavy atom. The molecule has 0 spiro atoms. The number of fused-ring (bicyclic) bond motifs is 1. The minimum Gasteiger partial charge on any atom is -0.493 e. The summed E-state index contributed by atoms with van der Waals surface area (Å²) in [7, 11) is 1.52. The average molecular weight is 384 g/mol. The Balaban J connectivity index is 1.68. The van der Waals surface area contributed by atoms with Crippen LogP contribution in [-0.4, -0.2) is 32.1 Å². The van der Waals surface area contributed by atoms with E-state index in [1.54, 1.807) is 36.4 Å². The molecular weight excluding hydrogens is 360 g/mol. The van der Waals surface area contributed by atoms with E-state index in [4.69, 9.17) is 14.2 Å². The van der Waals surface area contributed by atoms with Crippen LogP contribution in [0.1, 0.15) is 30.6 Å². The van der Waals surface area contributed by atoms with Crippen LogP contribution in [0.4, 0.5) is 11.4 Å². The maximum absolute atomic E-state index is 12.6. The molecule has 0 atom stereocenters. The van der Waals surface area contributed by atoms with E-state index in [9.17, 15) is 9.59 Å². The number of methoxy groups -OCH3 is 1. The van der Waals surface area contributed by atoms with Crippen molar-refractivity contribution in [1.29, 1.82) is 0 Å². The van der Waals surface area contributed by atoms with E-state index in [-0.39, 0.29) is 11.8 Å². The van der Waals surface area contributed by atoms with Crippen molar-refractivity contribution < 1.29 is 23.8 Å². The molecule has 2 amide bonds. The van der Waals surface area contributed by atoms with Crippen molar-refractivity contribution in [2.24, 2.45) is 5.92 Å². The van der Waals surface area contributed by atoms with Crippen LogP contribution in [0.25, 0.3) is 0 Å². The van der Waals surface area contributed by atoms with Gasteiger partial charge in [-0.1, -0.05) is 13.8 Å². The summed E-state index contributed by atoms with van der Waals surface area (Å²) in [6.45, 7) is 4.84. The normalized spacial score (nSPS) is 12.4.